The van der Waals surface area contributed by atoms with Crippen LogP contribution in [0.4, 0.5) is 5.69 Å². The Labute approximate surface area is 128 Å². The predicted octanol–water partition coefficient (Wildman–Crippen LogP) is 3.09. The Kier molecular flexibility index (Phi) is 3.51. The van der Waals surface area contributed by atoms with E-state index in [1.807, 2.05) is 25.1 Å². The van der Waals surface area contributed by atoms with Crippen LogP contribution in [0.5, 0.6) is 0 Å². The molecule has 1 aliphatic heterocycles. The molecule has 0 aromatic heterocycles. The fourth-order valence-electron chi connectivity index (χ4n) is 2.50. The summed E-state index contributed by atoms with van der Waals surface area (Å²) in [6.45, 7) is 2.03. The summed E-state index contributed by atoms with van der Waals surface area (Å²) >= 11 is 0. The number of anilines is 1. The summed E-state index contributed by atoms with van der Waals surface area (Å²) in [5.41, 5.74) is 2.16. The summed E-state index contributed by atoms with van der Waals surface area (Å²) in [7, 11) is 0. The molecule has 0 saturated heterocycles. The molecule has 2 amide bonds. The van der Waals surface area contributed by atoms with E-state index in [2.05, 4.69) is 0 Å². The lowest BCUT2D eigenvalue weighted by atomic mass is 10.1. The maximum atomic E-state index is 12.6. The van der Waals surface area contributed by atoms with E-state index in [1.54, 1.807) is 36.4 Å². The Morgan fingerprint density at radius 3 is 2.14 bits per heavy atom. The zero-order chi connectivity index (χ0) is 15.7. The number of aryl methyl sites for hydroxylation is 1. The van der Waals surface area contributed by atoms with Crippen LogP contribution in [0.3, 0.4) is 0 Å². The first-order valence-corrected chi connectivity index (χ1v) is 7.10. The number of imide groups is 1. The van der Waals surface area contributed by atoms with E-state index in [0.717, 1.165) is 16.9 Å². The summed E-state index contributed by atoms with van der Waals surface area (Å²) in [5.74, 6) is -1.69. The molecule has 0 saturated carbocycles. The summed E-state index contributed by atoms with van der Waals surface area (Å²) in [4.78, 5) is 25.8. The second-order valence-corrected chi connectivity index (χ2v) is 5.06. The Morgan fingerprint density at radius 2 is 1.55 bits per heavy atom. The van der Waals surface area contributed by atoms with Gasteiger partial charge in [0.05, 0.1) is 11.3 Å². The molecule has 0 unspecified atom stereocenters. The van der Waals surface area contributed by atoms with E-state index >= 15 is 0 Å². The van der Waals surface area contributed by atoms with Crippen molar-refractivity contribution in [2.24, 2.45) is 0 Å². The molecule has 4 heteroatoms. The van der Waals surface area contributed by atoms with E-state index in [1.165, 1.54) is 0 Å². The topological polar surface area (TPSA) is 57.6 Å². The van der Waals surface area contributed by atoms with Crippen LogP contribution in [-0.4, -0.2) is 16.9 Å². The average molecular weight is 293 g/mol. The number of aliphatic hydroxyl groups is 1. The third-order valence-electron chi connectivity index (χ3n) is 3.72. The van der Waals surface area contributed by atoms with Crippen LogP contribution in [0, 0.1) is 0 Å². The zero-order valence-corrected chi connectivity index (χ0v) is 12.1. The highest BCUT2D eigenvalue weighted by Gasteiger charge is 2.40. The zero-order valence-electron chi connectivity index (χ0n) is 12.1. The normalized spacial score (nSPS) is 14.9. The van der Waals surface area contributed by atoms with Gasteiger partial charge in [0.2, 0.25) is 0 Å². The van der Waals surface area contributed by atoms with Crippen molar-refractivity contribution in [3.63, 3.8) is 0 Å². The SMILES string of the molecule is CCc1ccc(N2C(=O)C(O)=C(c3ccccc3)C2=O)cc1. The van der Waals surface area contributed by atoms with Crippen LogP contribution in [0.1, 0.15) is 18.1 Å². The molecule has 110 valence electrons. The molecule has 0 radical (unpaired) electrons. The molecule has 2 aromatic carbocycles. The molecular weight excluding hydrogens is 278 g/mol. The Hall–Kier alpha value is -2.88. The van der Waals surface area contributed by atoms with Crippen molar-refractivity contribution in [3.8, 4) is 0 Å². The minimum absolute atomic E-state index is 0.0465. The minimum Gasteiger partial charge on any atom is -0.502 e. The van der Waals surface area contributed by atoms with Crippen molar-refractivity contribution in [1.82, 2.24) is 0 Å². The van der Waals surface area contributed by atoms with E-state index in [9.17, 15) is 14.7 Å². The highest BCUT2D eigenvalue weighted by atomic mass is 16.3. The van der Waals surface area contributed by atoms with Gasteiger partial charge in [-0.3, -0.25) is 9.59 Å². The van der Waals surface area contributed by atoms with Crippen LogP contribution in [0.25, 0.3) is 5.57 Å². The minimum atomic E-state index is -0.687. The van der Waals surface area contributed by atoms with Crippen LogP contribution >= 0.6 is 0 Å². The fraction of sp³-hybridized carbons (Fsp3) is 0.111. The van der Waals surface area contributed by atoms with E-state index < -0.39 is 17.6 Å². The number of nitrogens with zero attached hydrogens (tertiary/aromatic N) is 1. The largest absolute Gasteiger partial charge is 0.502 e. The van der Waals surface area contributed by atoms with Crippen molar-refractivity contribution < 1.29 is 14.7 Å². The van der Waals surface area contributed by atoms with Gasteiger partial charge < -0.3 is 5.11 Å². The number of amides is 2. The lowest BCUT2D eigenvalue weighted by Gasteiger charge is -2.14. The van der Waals surface area contributed by atoms with Crippen molar-refractivity contribution >= 4 is 23.1 Å². The quantitative estimate of drug-likeness (QED) is 0.885. The van der Waals surface area contributed by atoms with Gasteiger partial charge in [-0.15, -0.1) is 0 Å². The molecule has 4 nitrogen and oxygen atoms in total. The van der Waals surface area contributed by atoms with Gasteiger partial charge in [-0.25, -0.2) is 4.90 Å². The molecule has 0 spiro atoms. The molecule has 22 heavy (non-hydrogen) atoms. The summed E-state index contributed by atoms with van der Waals surface area (Å²) in [5, 5.41) is 10.1. The molecule has 1 N–H and O–H groups in total. The number of hydrogen-bond acceptors (Lipinski definition) is 3. The first-order chi connectivity index (χ1) is 10.6. The number of hydrogen-bond donors (Lipinski definition) is 1. The first-order valence-electron chi connectivity index (χ1n) is 7.10. The van der Waals surface area contributed by atoms with Crippen molar-refractivity contribution in [1.29, 1.82) is 0 Å². The monoisotopic (exact) mass is 293 g/mol. The smallest absolute Gasteiger partial charge is 0.301 e. The second kappa shape index (κ2) is 5.48. The summed E-state index contributed by atoms with van der Waals surface area (Å²) in [6, 6.07) is 15.9. The van der Waals surface area contributed by atoms with Crippen LogP contribution in [0.15, 0.2) is 60.4 Å². The van der Waals surface area contributed by atoms with E-state index in [0.29, 0.717) is 11.3 Å². The van der Waals surface area contributed by atoms with Gasteiger partial charge in [-0.2, -0.15) is 0 Å². The highest BCUT2D eigenvalue weighted by molar-refractivity contribution is 6.44. The number of aliphatic hydroxyl groups excluding tert-OH is 1. The molecule has 1 heterocycles. The Balaban J connectivity index is 2.00. The van der Waals surface area contributed by atoms with Gasteiger partial charge in [0.25, 0.3) is 5.91 Å². The molecule has 2 aromatic rings. The van der Waals surface area contributed by atoms with Gasteiger partial charge in [0, 0.05) is 0 Å². The fourth-order valence-corrected chi connectivity index (χ4v) is 2.50. The van der Waals surface area contributed by atoms with Crippen molar-refractivity contribution in [2.45, 2.75) is 13.3 Å². The third kappa shape index (κ3) is 2.19. The number of carbonyl (C=O) groups is 2. The van der Waals surface area contributed by atoms with Crippen LogP contribution < -0.4 is 4.90 Å². The summed E-state index contributed by atoms with van der Waals surface area (Å²) < 4.78 is 0. The number of carbonyl (C=O) groups excluding carboxylic acids is 2. The molecule has 0 bridgehead atoms. The second-order valence-electron chi connectivity index (χ2n) is 5.06. The molecule has 0 atom stereocenters. The molecular formula is C18H15NO3. The molecule has 1 aliphatic rings. The van der Waals surface area contributed by atoms with Crippen LogP contribution in [0.2, 0.25) is 0 Å². The average Bonchev–Trinajstić information content (AvgIpc) is 2.78. The first kappa shape index (κ1) is 14.1. The van der Waals surface area contributed by atoms with E-state index in [-0.39, 0.29) is 5.57 Å². The van der Waals surface area contributed by atoms with Gasteiger partial charge in [-0.05, 0) is 29.7 Å². The molecule has 0 aliphatic carbocycles. The summed E-state index contributed by atoms with van der Waals surface area (Å²) in [6.07, 6.45) is 0.876. The third-order valence-corrected chi connectivity index (χ3v) is 3.72. The lowest BCUT2D eigenvalue weighted by molar-refractivity contribution is -0.121. The maximum Gasteiger partial charge on any atom is 0.301 e. The van der Waals surface area contributed by atoms with Crippen LogP contribution in [-0.2, 0) is 16.0 Å². The van der Waals surface area contributed by atoms with Gasteiger partial charge >= 0.3 is 5.91 Å². The Morgan fingerprint density at radius 1 is 0.909 bits per heavy atom. The van der Waals surface area contributed by atoms with Gasteiger partial charge in [0.15, 0.2) is 5.76 Å². The maximum absolute atomic E-state index is 12.6. The van der Waals surface area contributed by atoms with E-state index in [4.69, 9.17) is 0 Å². The standard InChI is InChI=1S/C18H15NO3/c1-2-12-8-10-14(11-9-12)19-17(21)15(16(20)18(19)22)13-6-4-3-5-7-13/h3-11,20H,2H2,1H3. The predicted molar refractivity (Wildman–Crippen MR) is 84.3 cm³/mol. The van der Waals surface area contributed by atoms with Gasteiger partial charge in [0.1, 0.15) is 0 Å². The number of benzene rings is 2. The van der Waals surface area contributed by atoms with Gasteiger partial charge in [-0.1, -0.05) is 49.4 Å². The Bertz CT molecular complexity index is 761. The van der Waals surface area contributed by atoms with Crippen molar-refractivity contribution in [2.75, 3.05) is 4.90 Å². The van der Waals surface area contributed by atoms with Crippen molar-refractivity contribution in [3.05, 3.63) is 71.5 Å². The molecule has 3 rings (SSSR count). The number of rotatable bonds is 3. The lowest BCUT2D eigenvalue weighted by Crippen LogP contribution is -2.31. The highest BCUT2D eigenvalue weighted by Crippen LogP contribution is 2.31. The molecule has 0 fully saturated rings.